The monoisotopic (exact) mass is 252 g/mol. The summed E-state index contributed by atoms with van der Waals surface area (Å²) in [6.45, 7) is 0.249. The highest BCUT2D eigenvalue weighted by Crippen LogP contribution is 2.27. The molecule has 2 aromatic rings. The quantitative estimate of drug-likeness (QED) is 0.901. The van der Waals surface area contributed by atoms with Gasteiger partial charge in [0.05, 0.1) is 5.02 Å². The molecule has 17 heavy (non-hydrogen) atoms. The second-order valence-electron chi connectivity index (χ2n) is 3.53. The molecular weight excluding hydrogens is 243 g/mol. The van der Waals surface area contributed by atoms with E-state index in [-0.39, 0.29) is 23.2 Å². The third kappa shape index (κ3) is 3.11. The number of halogens is 2. The van der Waals surface area contributed by atoms with Crippen LogP contribution in [0.1, 0.15) is 5.56 Å². The smallest absolute Gasteiger partial charge is 0.134 e. The van der Waals surface area contributed by atoms with Gasteiger partial charge < -0.3 is 9.84 Å². The molecule has 0 unspecified atom stereocenters. The molecule has 0 saturated heterocycles. The van der Waals surface area contributed by atoms with Crippen molar-refractivity contribution in [2.75, 3.05) is 0 Å². The molecule has 0 aliphatic carbocycles. The molecule has 0 spiro atoms. The Kier molecular flexibility index (Phi) is 3.49. The molecule has 2 aromatic carbocycles. The minimum atomic E-state index is -0.296. The zero-order valence-corrected chi connectivity index (χ0v) is 9.62. The molecule has 88 valence electrons. The summed E-state index contributed by atoms with van der Waals surface area (Å²) in [6, 6.07) is 10.7. The summed E-state index contributed by atoms with van der Waals surface area (Å²) in [6.07, 6.45) is 0. The zero-order chi connectivity index (χ0) is 12.3. The molecule has 0 aliphatic heterocycles. The Bertz CT molecular complexity index is 529. The van der Waals surface area contributed by atoms with Crippen LogP contribution in [0.5, 0.6) is 11.5 Å². The largest absolute Gasteiger partial charge is 0.506 e. The number of phenolic OH excluding ortho intramolecular Hbond substituents is 1. The summed E-state index contributed by atoms with van der Waals surface area (Å²) in [5, 5.41) is 9.45. The van der Waals surface area contributed by atoms with E-state index in [1.165, 1.54) is 24.3 Å². The van der Waals surface area contributed by atoms with Crippen molar-refractivity contribution in [3.05, 3.63) is 58.9 Å². The second-order valence-corrected chi connectivity index (χ2v) is 3.94. The van der Waals surface area contributed by atoms with Gasteiger partial charge in [0.15, 0.2) is 0 Å². The number of rotatable bonds is 3. The van der Waals surface area contributed by atoms with Gasteiger partial charge in [-0.05, 0) is 29.8 Å². The van der Waals surface area contributed by atoms with Crippen LogP contribution in [0.4, 0.5) is 4.39 Å². The van der Waals surface area contributed by atoms with E-state index in [9.17, 15) is 9.50 Å². The zero-order valence-electron chi connectivity index (χ0n) is 8.86. The number of aromatic hydroxyl groups is 1. The second kappa shape index (κ2) is 5.06. The number of hydrogen-bond acceptors (Lipinski definition) is 2. The molecule has 0 radical (unpaired) electrons. The van der Waals surface area contributed by atoms with E-state index >= 15 is 0 Å². The first-order valence-corrected chi connectivity index (χ1v) is 5.39. The molecular formula is C13H10ClFO2. The van der Waals surface area contributed by atoms with Gasteiger partial charge in [0.1, 0.15) is 23.9 Å². The first kappa shape index (κ1) is 11.7. The number of ether oxygens (including phenoxy) is 1. The molecule has 0 bridgehead atoms. The number of phenols is 1. The minimum absolute atomic E-state index is 0.00442. The van der Waals surface area contributed by atoms with E-state index in [4.69, 9.17) is 16.3 Å². The van der Waals surface area contributed by atoms with Crippen molar-refractivity contribution in [3.8, 4) is 11.5 Å². The van der Waals surface area contributed by atoms with E-state index in [2.05, 4.69) is 0 Å². The van der Waals surface area contributed by atoms with Gasteiger partial charge in [-0.2, -0.15) is 0 Å². The standard InChI is InChI=1S/C13H10ClFO2/c14-12-7-11(4-5-13(12)16)17-8-9-2-1-3-10(15)6-9/h1-7,16H,8H2. The van der Waals surface area contributed by atoms with E-state index in [0.29, 0.717) is 5.75 Å². The fourth-order valence-corrected chi connectivity index (χ4v) is 1.54. The van der Waals surface area contributed by atoms with Crippen LogP contribution in [0, 0.1) is 5.82 Å². The van der Waals surface area contributed by atoms with Crippen molar-refractivity contribution in [1.82, 2.24) is 0 Å². The van der Waals surface area contributed by atoms with E-state index < -0.39 is 0 Å². The molecule has 0 fully saturated rings. The van der Waals surface area contributed by atoms with Crippen LogP contribution in [-0.2, 0) is 6.61 Å². The Morgan fingerprint density at radius 3 is 2.71 bits per heavy atom. The van der Waals surface area contributed by atoms with Gasteiger partial charge >= 0.3 is 0 Å². The van der Waals surface area contributed by atoms with Crippen molar-refractivity contribution in [2.45, 2.75) is 6.61 Å². The first-order valence-electron chi connectivity index (χ1n) is 5.01. The molecule has 0 aliphatic rings. The average Bonchev–Trinajstić information content (AvgIpc) is 2.31. The van der Waals surface area contributed by atoms with E-state index in [1.807, 2.05) is 0 Å². The normalized spacial score (nSPS) is 10.2. The van der Waals surface area contributed by atoms with Gasteiger partial charge in [-0.25, -0.2) is 4.39 Å². The van der Waals surface area contributed by atoms with Gasteiger partial charge in [0, 0.05) is 6.07 Å². The Labute approximate surface area is 103 Å². The molecule has 0 aromatic heterocycles. The van der Waals surface area contributed by atoms with Gasteiger partial charge in [-0.3, -0.25) is 0 Å². The highest BCUT2D eigenvalue weighted by Gasteiger charge is 2.01. The highest BCUT2D eigenvalue weighted by molar-refractivity contribution is 6.32. The lowest BCUT2D eigenvalue weighted by Gasteiger charge is -2.07. The molecule has 0 saturated carbocycles. The maximum Gasteiger partial charge on any atom is 0.134 e. The van der Waals surface area contributed by atoms with Crippen molar-refractivity contribution in [2.24, 2.45) is 0 Å². The summed E-state index contributed by atoms with van der Waals surface area (Å²) in [7, 11) is 0. The van der Waals surface area contributed by atoms with Gasteiger partial charge in [0.25, 0.3) is 0 Å². The van der Waals surface area contributed by atoms with Gasteiger partial charge in [0.2, 0.25) is 0 Å². The SMILES string of the molecule is Oc1ccc(OCc2cccc(F)c2)cc1Cl. The molecule has 4 heteroatoms. The first-order chi connectivity index (χ1) is 8.15. The fraction of sp³-hybridized carbons (Fsp3) is 0.0769. The number of benzene rings is 2. The van der Waals surface area contributed by atoms with Crippen molar-refractivity contribution in [3.63, 3.8) is 0 Å². The maximum atomic E-state index is 12.9. The van der Waals surface area contributed by atoms with Gasteiger partial charge in [-0.1, -0.05) is 23.7 Å². The summed E-state index contributed by atoms with van der Waals surface area (Å²) < 4.78 is 18.3. The summed E-state index contributed by atoms with van der Waals surface area (Å²) in [4.78, 5) is 0. The lowest BCUT2D eigenvalue weighted by atomic mass is 10.2. The average molecular weight is 253 g/mol. The van der Waals surface area contributed by atoms with Crippen LogP contribution < -0.4 is 4.74 Å². The third-order valence-electron chi connectivity index (χ3n) is 2.21. The van der Waals surface area contributed by atoms with E-state index in [0.717, 1.165) is 5.56 Å². The Morgan fingerprint density at radius 2 is 2.00 bits per heavy atom. The van der Waals surface area contributed by atoms with Crippen LogP contribution in [0.2, 0.25) is 5.02 Å². The Hall–Kier alpha value is -1.74. The third-order valence-corrected chi connectivity index (χ3v) is 2.52. The van der Waals surface area contributed by atoms with Crippen LogP contribution in [-0.4, -0.2) is 5.11 Å². The topological polar surface area (TPSA) is 29.5 Å². The molecule has 1 N–H and O–H groups in total. The van der Waals surface area contributed by atoms with Crippen LogP contribution in [0.3, 0.4) is 0 Å². The summed E-state index contributed by atoms with van der Waals surface area (Å²) in [5.74, 6) is 0.233. The predicted octanol–water partition coefficient (Wildman–Crippen LogP) is 3.76. The number of hydrogen-bond donors (Lipinski definition) is 1. The molecule has 0 heterocycles. The Morgan fingerprint density at radius 1 is 1.18 bits per heavy atom. The van der Waals surface area contributed by atoms with Crippen molar-refractivity contribution < 1.29 is 14.2 Å². The van der Waals surface area contributed by atoms with Crippen LogP contribution in [0.15, 0.2) is 42.5 Å². The molecule has 0 amide bonds. The van der Waals surface area contributed by atoms with Crippen molar-refractivity contribution in [1.29, 1.82) is 0 Å². The highest BCUT2D eigenvalue weighted by atomic mass is 35.5. The molecule has 0 atom stereocenters. The van der Waals surface area contributed by atoms with Crippen LogP contribution >= 0.6 is 11.6 Å². The Balaban J connectivity index is 2.05. The molecule has 2 nitrogen and oxygen atoms in total. The lowest BCUT2D eigenvalue weighted by Crippen LogP contribution is -1.95. The van der Waals surface area contributed by atoms with Gasteiger partial charge in [-0.15, -0.1) is 0 Å². The predicted molar refractivity (Wildman–Crippen MR) is 63.8 cm³/mol. The lowest BCUT2D eigenvalue weighted by molar-refractivity contribution is 0.305. The summed E-state index contributed by atoms with van der Waals surface area (Å²) in [5.41, 5.74) is 0.731. The minimum Gasteiger partial charge on any atom is -0.506 e. The van der Waals surface area contributed by atoms with Crippen molar-refractivity contribution >= 4 is 11.6 Å². The molecule has 2 rings (SSSR count). The maximum absolute atomic E-state index is 12.9. The fourth-order valence-electron chi connectivity index (χ4n) is 1.37. The van der Waals surface area contributed by atoms with Crippen LogP contribution in [0.25, 0.3) is 0 Å². The van der Waals surface area contributed by atoms with E-state index in [1.54, 1.807) is 18.2 Å². The summed E-state index contributed by atoms with van der Waals surface area (Å²) >= 11 is 5.73.